The van der Waals surface area contributed by atoms with Crippen molar-refractivity contribution in [2.24, 2.45) is 0 Å². The summed E-state index contributed by atoms with van der Waals surface area (Å²) in [5.74, 6) is 0.0263. The molecule has 0 aliphatic heterocycles. The van der Waals surface area contributed by atoms with Crippen LogP contribution in [0.15, 0.2) is 72.4 Å². The van der Waals surface area contributed by atoms with Crippen LogP contribution in [0.3, 0.4) is 0 Å². The molecule has 0 heterocycles. The number of ketones is 1. The maximum atomic E-state index is 12.1. The summed E-state index contributed by atoms with van der Waals surface area (Å²) in [6.45, 7) is 0. The summed E-state index contributed by atoms with van der Waals surface area (Å²) in [4.78, 5) is 12.3. The molecule has 0 saturated heterocycles. The van der Waals surface area contributed by atoms with E-state index >= 15 is 0 Å². The Morgan fingerprint density at radius 1 is 1.10 bits per heavy atom. The van der Waals surface area contributed by atoms with Gasteiger partial charge in [-0.15, -0.1) is 0 Å². The Balaban J connectivity index is 1.98. The van der Waals surface area contributed by atoms with E-state index in [2.05, 4.69) is 31.9 Å². The average molecular weight is 394 g/mol. The standard InChI is InChI=1S/C17H14Br2O/c18-15-11-6-10-14(17(15)19)16(20)12-5-4-9-13-7-2-1-3-8-13/h1-12,15,17H. The van der Waals surface area contributed by atoms with Crippen molar-refractivity contribution in [2.45, 2.75) is 9.65 Å². The van der Waals surface area contributed by atoms with Crippen LogP contribution in [0, 0.1) is 0 Å². The van der Waals surface area contributed by atoms with E-state index in [4.69, 9.17) is 0 Å². The van der Waals surface area contributed by atoms with Crippen LogP contribution in [0.4, 0.5) is 0 Å². The molecule has 20 heavy (non-hydrogen) atoms. The van der Waals surface area contributed by atoms with Gasteiger partial charge in [-0.25, -0.2) is 0 Å². The summed E-state index contributed by atoms with van der Waals surface area (Å²) in [5.41, 5.74) is 1.88. The van der Waals surface area contributed by atoms with Crippen molar-refractivity contribution in [3.8, 4) is 0 Å². The highest BCUT2D eigenvalue weighted by molar-refractivity contribution is 9.12. The van der Waals surface area contributed by atoms with Gasteiger partial charge in [-0.3, -0.25) is 4.79 Å². The van der Waals surface area contributed by atoms with Gasteiger partial charge < -0.3 is 0 Å². The molecular formula is C17H14Br2O. The van der Waals surface area contributed by atoms with Crippen LogP contribution in [0.25, 0.3) is 6.08 Å². The van der Waals surface area contributed by atoms with E-state index in [1.165, 1.54) is 0 Å². The highest BCUT2D eigenvalue weighted by atomic mass is 79.9. The van der Waals surface area contributed by atoms with Gasteiger partial charge in [0.2, 0.25) is 0 Å². The van der Waals surface area contributed by atoms with Crippen molar-refractivity contribution < 1.29 is 4.79 Å². The first-order valence-electron chi connectivity index (χ1n) is 6.29. The number of hydrogen-bond acceptors (Lipinski definition) is 1. The first-order chi connectivity index (χ1) is 9.68. The fraction of sp³-hybridized carbons (Fsp3) is 0.118. The minimum Gasteiger partial charge on any atom is -0.290 e. The van der Waals surface area contributed by atoms with Gasteiger partial charge in [0.05, 0.1) is 4.83 Å². The molecule has 0 saturated carbocycles. The maximum Gasteiger partial charge on any atom is 0.183 e. The van der Waals surface area contributed by atoms with Gasteiger partial charge in [0.1, 0.15) is 0 Å². The lowest BCUT2D eigenvalue weighted by Crippen LogP contribution is -2.21. The normalized spacial score (nSPS) is 22.4. The van der Waals surface area contributed by atoms with E-state index in [-0.39, 0.29) is 15.4 Å². The Bertz CT molecular complexity index is 582. The van der Waals surface area contributed by atoms with Gasteiger partial charge in [0.25, 0.3) is 0 Å². The largest absolute Gasteiger partial charge is 0.290 e. The third-order valence-electron chi connectivity index (χ3n) is 2.88. The molecule has 0 N–H and O–H groups in total. The summed E-state index contributed by atoms with van der Waals surface area (Å²) < 4.78 is 0. The molecule has 0 fully saturated rings. The number of allylic oxidation sites excluding steroid dienone is 7. The van der Waals surface area contributed by atoms with Crippen LogP contribution >= 0.6 is 31.9 Å². The zero-order valence-electron chi connectivity index (χ0n) is 10.7. The quantitative estimate of drug-likeness (QED) is 0.406. The lowest BCUT2D eigenvalue weighted by atomic mass is 10.0. The van der Waals surface area contributed by atoms with E-state index in [1.807, 2.05) is 60.7 Å². The fourth-order valence-electron chi connectivity index (χ4n) is 1.81. The van der Waals surface area contributed by atoms with Crippen molar-refractivity contribution in [3.63, 3.8) is 0 Å². The number of alkyl halides is 2. The molecule has 0 amide bonds. The Kier molecular flexibility index (Phi) is 5.74. The van der Waals surface area contributed by atoms with E-state index in [0.717, 1.165) is 11.1 Å². The molecular weight excluding hydrogens is 380 g/mol. The molecule has 2 rings (SSSR count). The Morgan fingerprint density at radius 2 is 1.85 bits per heavy atom. The predicted octanol–water partition coefficient (Wildman–Crippen LogP) is 4.85. The van der Waals surface area contributed by atoms with Crippen LogP contribution in [0.5, 0.6) is 0 Å². The molecule has 0 bridgehead atoms. The van der Waals surface area contributed by atoms with Crippen molar-refractivity contribution in [3.05, 3.63) is 77.9 Å². The molecule has 0 radical (unpaired) electrons. The van der Waals surface area contributed by atoms with Crippen LogP contribution in [-0.2, 0) is 4.79 Å². The van der Waals surface area contributed by atoms with Gasteiger partial charge in [0.15, 0.2) is 5.78 Å². The summed E-state index contributed by atoms with van der Waals surface area (Å²) >= 11 is 7.04. The van der Waals surface area contributed by atoms with Crippen molar-refractivity contribution >= 4 is 43.7 Å². The molecule has 1 aliphatic rings. The first-order valence-corrected chi connectivity index (χ1v) is 8.12. The molecule has 1 aromatic rings. The van der Waals surface area contributed by atoms with Crippen LogP contribution in [0.2, 0.25) is 0 Å². The molecule has 1 aromatic carbocycles. The smallest absolute Gasteiger partial charge is 0.183 e. The number of carbonyl (C=O) groups is 1. The van der Waals surface area contributed by atoms with Gasteiger partial charge >= 0.3 is 0 Å². The molecule has 1 aliphatic carbocycles. The number of carbonyl (C=O) groups excluding carboxylic acids is 1. The summed E-state index contributed by atoms with van der Waals surface area (Å²) in [7, 11) is 0. The SMILES string of the molecule is O=C(C=CC=Cc1ccccc1)C1=CC=CC(Br)C1Br. The lowest BCUT2D eigenvalue weighted by molar-refractivity contribution is -0.111. The molecule has 1 nitrogen and oxygen atoms in total. The topological polar surface area (TPSA) is 17.1 Å². The third-order valence-corrected chi connectivity index (χ3v) is 5.49. The van der Waals surface area contributed by atoms with E-state index in [9.17, 15) is 4.79 Å². The maximum absolute atomic E-state index is 12.1. The predicted molar refractivity (Wildman–Crippen MR) is 92.3 cm³/mol. The van der Waals surface area contributed by atoms with Crippen LogP contribution < -0.4 is 0 Å². The molecule has 0 aromatic heterocycles. The summed E-state index contributed by atoms with van der Waals surface area (Å²) in [6.07, 6.45) is 13.0. The van der Waals surface area contributed by atoms with Gasteiger partial charge in [-0.1, -0.05) is 98.6 Å². The van der Waals surface area contributed by atoms with Crippen molar-refractivity contribution in [1.82, 2.24) is 0 Å². The zero-order valence-corrected chi connectivity index (χ0v) is 13.9. The lowest BCUT2D eigenvalue weighted by Gasteiger charge is -2.18. The third kappa shape index (κ3) is 4.15. The molecule has 2 atom stereocenters. The Morgan fingerprint density at radius 3 is 2.60 bits per heavy atom. The van der Waals surface area contributed by atoms with E-state index < -0.39 is 0 Å². The second-order valence-corrected chi connectivity index (χ2v) is 6.39. The number of halogens is 2. The summed E-state index contributed by atoms with van der Waals surface area (Å²) in [5, 5.41) is 0. The highest BCUT2D eigenvalue weighted by Gasteiger charge is 2.23. The van der Waals surface area contributed by atoms with E-state index in [1.54, 1.807) is 12.2 Å². The zero-order chi connectivity index (χ0) is 14.4. The molecule has 3 heteroatoms. The van der Waals surface area contributed by atoms with Crippen molar-refractivity contribution in [1.29, 1.82) is 0 Å². The number of rotatable bonds is 4. The minimum atomic E-state index is 0.0164. The van der Waals surface area contributed by atoms with Crippen molar-refractivity contribution in [2.75, 3.05) is 0 Å². The Labute approximate surface area is 136 Å². The van der Waals surface area contributed by atoms with Crippen LogP contribution in [-0.4, -0.2) is 15.4 Å². The minimum absolute atomic E-state index is 0.0164. The second kappa shape index (κ2) is 7.55. The van der Waals surface area contributed by atoms with Gasteiger partial charge in [-0.2, -0.15) is 0 Å². The second-order valence-electron chi connectivity index (χ2n) is 4.35. The highest BCUT2D eigenvalue weighted by Crippen LogP contribution is 2.27. The van der Waals surface area contributed by atoms with Gasteiger partial charge in [0, 0.05) is 10.4 Å². The summed E-state index contributed by atoms with van der Waals surface area (Å²) in [6, 6.07) is 9.99. The van der Waals surface area contributed by atoms with Crippen LogP contribution in [0.1, 0.15) is 5.56 Å². The van der Waals surface area contributed by atoms with E-state index in [0.29, 0.717) is 0 Å². The number of benzene rings is 1. The number of hydrogen-bond donors (Lipinski definition) is 0. The van der Waals surface area contributed by atoms with Gasteiger partial charge in [-0.05, 0) is 11.6 Å². The monoisotopic (exact) mass is 392 g/mol. The molecule has 0 spiro atoms. The average Bonchev–Trinajstić information content (AvgIpc) is 2.47. The fourth-order valence-corrected chi connectivity index (χ4v) is 2.83. The first kappa shape index (κ1) is 15.2. The Hall–Kier alpha value is -1.19. The molecule has 102 valence electrons. The molecule has 2 unspecified atom stereocenters.